The van der Waals surface area contributed by atoms with Gasteiger partial charge in [-0.05, 0) is 43.0 Å². The molecule has 0 aliphatic rings. The maximum atomic E-state index is 12.7. The van der Waals surface area contributed by atoms with Crippen LogP contribution in [-0.4, -0.2) is 10.5 Å². The fourth-order valence-electron chi connectivity index (χ4n) is 3.37. The molecule has 3 aromatic rings. The van der Waals surface area contributed by atoms with Crippen LogP contribution in [0.25, 0.3) is 10.9 Å². The van der Waals surface area contributed by atoms with Crippen LogP contribution in [0.1, 0.15) is 29.3 Å². The van der Waals surface area contributed by atoms with Gasteiger partial charge in [0.15, 0.2) is 0 Å². The summed E-state index contributed by atoms with van der Waals surface area (Å²) in [6, 6.07) is 14.4. The number of carbonyl (C=O) groups is 1. The van der Waals surface area contributed by atoms with E-state index in [1.54, 1.807) is 0 Å². The second kappa shape index (κ2) is 6.52. The highest BCUT2D eigenvalue weighted by Crippen LogP contribution is 2.26. The van der Waals surface area contributed by atoms with E-state index in [0.717, 1.165) is 34.3 Å². The van der Waals surface area contributed by atoms with E-state index in [2.05, 4.69) is 49.0 Å². The largest absolute Gasteiger partial charge is 0.348 e. The first-order valence-electron chi connectivity index (χ1n) is 8.44. The molecular formula is C21H24N2O. The average molecular weight is 320 g/mol. The number of fused-ring (bicyclic) bond motifs is 1. The van der Waals surface area contributed by atoms with Gasteiger partial charge in [0.1, 0.15) is 0 Å². The van der Waals surface area contributed by atoms with Crippen LogP contribution in [0.3, 0.4) is 0 Å². The molecule has 2 aromatic carbocycles. The molecule has 3 rings (SSSR count). The molecule has 24 heavy (non-hydrogen) atoms. The number of aromatic nitrogens is 1. The Morgan fingerprint density at radius 1 is 1.08 bits per heavy atom. The second-order valence-electron chi connectivity index (χ2n) is 6.33. The van der Waals surface area contributed by atoms with Gasteiger partial charge >= 0.3 is 0 Å². The Kier molecular flexibility index (Phi) is 4.43. The normalized spacial score (nSPS) is 11.0. The molecule has 124 valence electrons. The van der Waals surface area contributed by atoms with Gasteiger partial charge in [0.2, 0.25) is 5.91 Å². The van der Waals surface area contributed by atoms with Crippen molar-refractivity contribution in [2.75, 3.05) is 5.32 Å². The van der Waals surface area contributed by atoms with E-state index in [4.69, 9.17) is 0 Å². The Morgan fingerprint density at radius 2 is 1.83 bits per heavy atom. The lowest BCUT2D eigenvalue weighted by molar-refractivity contribution is -0.115. The third-order valence-electron chi connectivity index (χ3n) is 4.87. The number of anilines is 1. The summed E-state index contributed by atoms with van der Waals surface area (Å²) in [5.41, 5.74) is 6.67. The van der Waals surface area contributed by atoms with Crippen LogP contribution in [0, 0.1) is 13.8 Å². The summed E-state index contributed by atoms with van der Waals surface area (Å²) in [6.45, 7) is 6.23. The Bertz CT molecular complexity index is 906. The lowest BCUT2D eigenvalue weighted by Gasteiger charge is -2.13. The highest BCUT2D eigenvalue weighted by Gasteiger charge is 2.16. The summed E-state index contributed by atoms with van der Waals surface area (Å²) in [5, 5.41) is 4.29. The van der Waals surface area contributed by atoms with Gasteiger partial charge in [0, 0.05) is 29.3 Å². The zero-order valence-corrected chi connectivity index (χ0v) is 14.8. The van der Waals surface area contributed by atoms with Gasteiger partial charge in [-0.1, -0.05) is 43.3 Å². The van der Waals surface area contributed by atoms with Crippen molar-refractivity contribution in [1.29, 1.82) is 0 Å². The minimum atomic E-state index is 0.0402. The first kappa shape index (κ1) is 16.3. The van der Waals surface area contributed by atoms with Gasteiger partial charge in [-0.15, -0.1) is 0 Å². The van der Waals surface area contributed by atoms with Crippen LogP contribution in [0.5, 0.6) is 0 Å². The molecule has 0 aliphatic carbocycles. The first-order chi connectivity index (χ1) is 11.5. The van der Waals surface area contributed by atoms with E-state index in [0.29, 0.717) is 6.42 Å². The quantitative estimate of drug-likeness (QED) is 0.752. The summed E-state index contributed by atoms with van der Waals surface area (Å²) in [4.78, 5) is 12.7. The van der Waals surface area contributed by atoms with Gasteiger partial charge < -0.3 is 9.88 Å². The fourth-order valence-corrected chi connectivity index (χ4v) is 3.37. The number of hydrogen-bond donors (Lipinski definition) is 1. The Labute approximate surface area is 143 Å². The summed E-state index contributed by atoms with van der Waals surface area (Å²) < 4.78 is 2.16. The van der Waals surface area contributed by atoms with Crippen LogP contribution in [0.4, 0.5) is 5.69 Å². The van der Waals surface area contributed by atoms with Crippen molar-refractivity contribution in [3.8, 4) is 0 Å². The summed E-state index contributed by atoms with van der Waals surface area (Å²) in [6.07, 6.45) is 1.30. The van der Waals surface area contributed by atoms with E-state index in [1.807, 2.05) is 31.2 Å². The summed E-state index contributed by atoms with van der Waals surface area (Å²) in [5.74, 6) is 0.0402. The van der Waals surface area contributed by atoms with Crippen molar-refractivity contribution >= 4 is 22.5 Å². The van der Waals surface area contributed by atoms with E-state index in [-0.39, 0.29) is 5.91 Å². The molecule has 0 atom stereocenters. The third kappa shape index (κ3) is 2.82. The molecule has 3 nitrogen and oxygen atoms in total. The number of hydrogen-bond acceptors (Lipinski definition) is 1. The number of aryl methyl sites for hydroxylation is 3. The lowest BCUT2D eigenvalue weighted by atomic mass is 10.0. The maximum absolute atomic E-state index is 12.7. The molecule has 3 heteroatoms. The summed E-state index contributed by atoms with van der Waals surface area (Å²) in [7, 11) is 2.05. The SMILES string of the molecule is CCc1cccc(C)c1NC(=O)Cc1c(C)n(C)c2ccccc12. The number of benzene rings is 2. The molecule has 1 aromatic heterocycles. The highest BCUT2D eigenvalue weighted by atomic mass is 16.1. The predicted octanol–water partition coefficient (Wildman–Crippen LogP) is 4.54. The van der Waals surface area contributed by atoms with Gasteiger partial charge in [-0.2, -0.15) is 0 Å². The van der Waals surface area contributed by atoms with Gasteiger partial charge in [-0.3, -0.25) is 4.79 Å². The molecule has 0 spiro atoms. The Balaban J connectivity index is 1.91. The number of nitrogens with zero attached hydrogens (tertiary/aromatic N) is 1. The standard InChI is InChI=1S/C21H24N2O/c1-5-16-10-8-9-14(2)21(16)22-20(24)13-18-15(3)23(4)19-12-7-6-11-17(18)19/h6-12H,5,13H2,1-4H3,(H,22,24). The van der Waals surface area contributed by atoms with Crippen LogP contribution in [-0.2, 0) is 24.7 Å². The van der Waals surface area contributed by atoms with Crippen molar-refractivity contribution in [1.82, 2.24) is 4.57 Å². The Hall–Kier alpha value is -2.55. The fraction of sp³-hybridized carbons (Fsp3) is 0.286. The second-order valence-corrected chi connectivity index (χ2v) is 6.33. The van der Waals surface area contributed by atoms with Crippen LogP contribution in [0.15, 0.2) is 42.5 Å². The molecule has 0 saturated carbocycles. The van der Waals surface area contributed by atoms with Gasteiger partial charge in [0.05, 0.1) is 6.42 Å². The average Bonchev–Trinajstić information content (AvgIpc) is 2.82. The van der Waals surface area contributed by atoms with Crippen molar-refractivity contribution in [3.05, 3.63) is 64.8 Å². The molecule has 0 radical (unpaired) electrons. The molecule has 0 fully saturated rings. The Morgan fingerprint density at radius 3 is 2.58 bits per heavy atom. The van der Waals surface area contributed by atoms with Crippen molar-refractivity contribution in [2.24, 2.45) is 7.05 Å². The zero-order valence-electron chi connectivity index (χ0n) is 14.8. The first-order valence-corrected chi connectivity index (χ1v) is 8.44. The van der Waals surface area contributed by atoms with Gasteiger partial charge in [0.25, 0.3) is 0 Å². The monoisotopic (exact) mass is 320 g/mol. The van der Waals surface area contributed by atoms with E-state index >= 15 is 0 Å². The molecule has 1 amide bonds. The number of para-hydroxylation sites is 2. The number of carbonyl (C=O) groups excluding carboxylic acids is 1. The predicted molar refractivity (Wildman–Crippen MR) is 101 cm³/mol. The van der Waals surface area contributed by atoms with Gasteiger partial charge in [-0.25, -0.2) is 0 Å². The minimum absolute atomic E-state index is 0.0402. The van der Waals surface area contributed by atoms with Crippen LogP contribution in [0.2, 0.25) is 0 Å². The molecule has 0 unspecified atom stereocenters. The molecule has 0 aliphatic heterocycles. The molecule has 0 bridgehead atoms. The van der Waals surface area contributed by atoms with Crippen molar-refractivity contribution in [3.63, 3.8) is 0 Å². The molecule has 1 N–H and O–H groups in total. The lowest BCUT2D eigenvalue weighted by Crippen LogP contribution is -2.17. The minimum Gasteiger partial charge on any atom is -0.348 e. The third-order valence-corrected chi connectivity index (χ3v) is 4.87. The summed E-state index contributed by atoms with van der Waals surface area (Å²) >= 11 is 0. The number of rotatable bonds is 4. The molecular weight excluding hydrogens is 296 g/mol. The van der Waals surface area contributed by atoms with E-state index in [1.165, 1.54) is 11.1 Å². The van der Waals surface area contributed by atoms with Crippen molar-refractivity contribution in [2.45, 2.75) is 33.6 Å². The smallest absolute Gasteiger partial charge is 0.228 e. The van der Waals surface area contributed by atoms with E-state index < -0.39 is 0 Å². The number of nitrogens with one attached hydrogen (secondary N) is 1. The van der Waals surface area contributed by atoms with E-state index in [9.17, 15) is 4.79 Å². The van der Waals surface area contributed by atoms with Crippen LogP contribution < -0.4 is 5.32 Å². The topological polar surface area (TPSA) is 34.0 Å². The molecule has 1 heterocycles. The highest BCUT2D eigenvalue weighted by molar-refractivity contribution is 5.97. The maximum Gasteiger partial charge on any atom is 0.228 e. The number of amides is 1. The van der Waals surface area contributed by atoms with Crippen LogP contribution >= 0.6 is 0 Å². The molecule has 0 saturated heterocycles. The zero-order chi connectivity index (χ0) is 17.3. The van der Waals surface area contributed by atoms with Crippen molar-refractivity contribution < 1.29 is 4.79 Å².